The minimum atomic E-state index is -2.25. The van der Waals surface area contributed by atoms with Gasteiger partial charge in [0.25, 0.3) is 0 Å². The predicted molar refractivity (Wildman–Crippen MR) is 40.9 cm³/mol. The second kappa shape index (κ2) is 3.84. The van der Waals surface area contributed by atoms with Gasteiger partial charge in [-0.2, -0.15) is 0 Å². The van der Waals surface area contributed by atoms with Crippen LogP contribution in [-0.2, 0) is 0 Å². The molecule has 0 amide bonds. The summed E-state index contributed by atoms with van der Waals surface area (Å²) in [5, 5.41) is 10.4. The number of nitrogens with zero attached hydrogens (tertiary/aromatic N) is 1. The van der Waals surface area contributed by atoms with Crippen LogP contribution in [0.3, 0.4) is 0 Å². The maximum Gasteiger partial charge on any atom is 0.200 e. The smallest absolute Gasteiger partial charge is 0.200 e. The van der Waals surface area contributed by atoms with Crippen molar-refractivity contribution in [2.75, 3.05) is 7.05 Å². The van der Waals surface area contributed by atoms with Crippen LogP contribution in [0.15, 0.2) is 0 Å². The van der Waals surface area contributed by atoms with Gasteiger partial charge in [-0.15, -0.1) is 0 Å². The third kappa shape index (κ3) is 1.90. The highest BCUT2D eigenvalue weighted by molar-refractivity contribution is 5.76. The maximum atomic E-state index is 12.8. The zero-order chi connectivity index (χ0) is 11.7. The van der Waals surface area contributed by atoms with Crippen LogP contribution >= 0.6 is 0 Å². The van der Waals surface area contributed by atoms with Crippen molar-refractivity contribution >= 4 is 6.21 Å². The van der Waals surface area contributed by atoms with Crippen LogP contribution in [0, 0.1) is 34.3 Å². The summed E-state index contributed by atoms with van der Waals surface area (Å²) in [6.07, 6.45) is 0.260. The second-order valence-corrected chi connectivity index (χ2v) is 2.66. The Hall–Kier alpha value is -1.66. The van der Waals surface area contributed by atoms with E-state index in [4.69, 9.17) is 0 Å². The summed E-state index contributed by atoms with van der Waals surface area (Å²) in [7, 11) is 0.845. The molecule has 0 aliphatic carbocycles. The van der Waals surface area contributed by atoms with E-state index in [0.717, 1.165) is 7.05 Å². The summed E-state index contributed by atoms with van der Waals surface area (Å²) in [4.78, 5) is 0. The minimum absolute atomic E-state index is 0.0712. The van der Waals surface area contributed by atoms with Gasteiger partial charge in [0.1, 0.15) is 12.6 Å². The number of hydrogen-bond donors (Lipinski definition) is 0. The molecule has 1 aromatic rings. The Morgan fingerprint density at radius 2 is 1.20 bits per heavy atom. The molecule has 1 aromatic carbocycles. The van der Waals surface area contributed by atoms with Crippen LogP contribution in [0.4, 0.5) is 22.0 Å². The Balaban J connectivity index is 3.60. The van der Waals surface area contributed by atoms with Crippen LogP contribution < -0.4 is 0 Å². The van der Waals surface area contributed by atoms with Crippen LogP contribution in [0.25, 0.3) is 0 Å². The van der Waals surface area contributed by atoms with Crippen molar-refractivity contribution in [1.82, 2.24) is 0 Å². The number of halogens is 5. The van der Waals surface area contributed by atoms with Gasteiger partial charge in [0.05, 0.1) is 0 Å². The van der Waals surface area contributed by atoms with Gasteiger partial charge in [0.2, 0.25) is 5.82 Å². The van der Waals surface area contributed by atoms with Crippen LogP contribution in [0.2, 0.25) is 0 Å². The lowest BCUT2D eigenvalue weighted by atomic mass is 10.2. The fourth-order valence-corrected chi connectivity index (χ4v) is 0.917. The van der Waals surface area contributed by atoms with Gasteiger partial charge < -0.3 is 5.21 Å². The fraction of sp³-hybridized carbons (Fsp3) is 0.125. The molecule has 0 heterocycles. The van der Waals surface area contributed by atoms with Crippen molar-refractivity contribution in [2.24, 2.45) is 0 Å². The Bertz CT molecular complexity index is 410. The molecule has 82 valence electrons. The Kier molecular flexibility index (Phi) is 2.92. The van der Waals surface area contributed by atoms with Gasteiger partial charge in [-0.1, -0.05) is 0 Å². The first kappa shape index (κ1) is 11.4. The molecule has 0 saturated carbocycles. The molecule has 0 aromatic heterocycles. The summed E-state index contributed by atoms with van der Waals surface area (Å²) in [6.45, 7) is 0. The van der Waals surface area contributed by atoms with Crippen molar-refractivity contribution in [3.05, 3.63) is 39.9 Å². The molecule has 0 N–H and O–H groups in total. The third-order valence-electron chi connectivity index (χ3n) is 1.55. The van der Waals surface area contributed by atoms with E-state index in [1.54, 1.807) is 0 Å². The minimum Gasteiger partial charge on any atom is -0.624 e. The normalized spacial score (nSPS) is 12.0. The molecule has 0 atom stereocenters. The van der Waals surface area contributed by atoms with E-state index in [0.29, 0.717) is 0 Å². The van der Waals surface area contributed by atoms with Gasteiger partial charge >= 0.3 is 0 Å². The lowest BCUT2D eigenvalue weighted by molar-refractivity contribution is -0.416. The topological polar surface area (TPSA) is 26.1 Å². The third-order valence-corrected chi connectivity index (χ3v) is 1.55. The Labute approximate surface area is 80.8 Å². The van der Waals surface area contributed by atoms with Crippen LogP contribution in [-0.4, -0.2) is 18.0 Å². The van der Waals surface area contributed by atoms with Gasteiger partial charge in [0, 0.05) is 0 Å². The molecule has 2 nitrogen and oxygen atoms in total. The fourth-order valence-electron chi connectivity index (χ4n) is 0.917. The van der Waals surface area contributed by atoms with Crippen LogP contribution in [0.5, 0.6) is 0 Å². The van der Waals surface area contributed by atoms with Crippen molar-refractivity contribution in [3.8, 4) is 0 Å². The van der Waals surface area contributed by atoms with Crippen molar-refractivity contribution in [2.45, 2.75) is 0 Å². The quantitative estimate of drug-likeness (QED) is 0.136. The lowest BCUT2D eigenvalue weighted by Gasteiger charge is -2.03. The highest BCUT2D eigenvalue weighted by Crippen LogP contribution is 2.21. The molecule has 0 bridgehead atoms. The molecule has 0 aliphatic heterocycles. The SMILES string of the molecule is C/[N+]([O-])=C/c1c(F)c(F)c(F)c(F)c1F. The summed E-state index contributed by atoms with van der Waals surface area (Å²) < 4.78 is 63.2. The van der Waals surface area contributed by atoms with Gasteiger partial charge in [-0.3, -0.25) is 0 Å². The van der Waals surface area contributed by atoms with Gasteiger partial charge in [-0.05, 0) is 0 Å². The second-order valence-electron chi connectivity index (χ2n) is 2.66. The average molecular weight is 225 g/mol. The first-order valence-corrected chi connectivity index (χ1v) is 3.62. The summed E-state index contributed by atoms with van der Waals surface area (Å²) in [5.41, 5.74) is -1.26. The van der Waals surface area contributed by atoms with Crippen LogP contribution in [0.1, 0.15) is 5.56 Å². The van der Waals surface area contributed by atoms with E-state index >= 15 is 0 Å². The molecular weight excluding hydrogens is 221 g/mol. The molecule has 1 rings (SSSR count). The van der Waals surface area contributed by atoms with Gasteiger partial charge in [0.15, 0.2) is 29.5 Å². The Morgan fingerprint density at radius 1 is 0.867 bits per heavy atom. The average Bonchev–Trinajstić information content (AvgIpc) is 2.18. The molecule has 0 fully saturated rings. The first-order chi connectivity index (χ1) is 6.86. The van der Waals surface area contributed by atoms with E-state index in [2.05, 4.69) is 0 Å². The molecule has 0 unspecified atom stereocenters. The Morgan fingerprint density at radius 3 is 1.53 bits per heavy atom. The van der Waals surface area contributed by atoms with Gasteiger partial charge in [-0.25, -0.2) is 26.7 Å². The molecule has 15 heavy (non-hydrogen) atoms. The molecule has 0 aliphatic rings. The standard InChI is InChI=1S/C8H4F5NO/c1-14(15)2-3-4(9)6(11)8(13)7(12)5(3)10/h2H,1H3/b14-2-. The van der Waals surface area contributed by atoms with E-state index in [1.807, 2.05) is 0 Å². The maximum absolute atomic E-state index is 12.8. The first-order valence-electron chi connectivity index (χ1n) is 3.62. The van der Waals surface area contributed by atoms with E-state index < -0.39 is 34.6 Å². The highest BCUT2D eigenvalue weighted by atomic mass is 19.2. The van der Waals surface area contributed by atoms with E-state index in [-0.39, 0.29) is 11.0 Å². The monoisotopic (exact) mass is 225 g/mol. The highest BCUT2D eigenvalue weighted by Gasteiger charge is 2.26. The molecule has 0 radical (unpaired) electrons. The summed E-state index contributed by atoms with van der Waals surface area (Å²) >= 11 is 0. The molecule has 0 saturated heterocycles. The predicted octanol–water partition coefficient (Wildman–Crippen LogP) is 1.94. The van der Waals surface area contributed by atoms with E-state index in [1.165, 1.54) is 0 Å². The van der Waals surface area contributed by atoms with Crippen molar-refractivity contribution < 1.29 is 26.7 Å². The number of hydrogen-bond acceptors (Lipinski definition) is 1. The number of benzene rings is 1. The molecule has 7 heteroatoms. The zero-order valence-electron chi connectivity index (χ0n) is 7.32. The number of hydroxylamine groups is 1. The largest absolute Gasteiger partial charge is 0.624 e. The lowest BCUT2D eigenvalue weighted by Crippen LogP contribution is -2.10. The number of rotatable bonds is 1. The van der Waals surface area contributed by atoms with Crippen molar-refractivity contribution in [3.63, 3.8) is 0 Å². The molecule has 0 spiro atoms. The summed E-state index contributed by atoms with van der Waals surface area (Å²) in [5.74, 6) is -10.5. The van der Waals surface area contributed by atoms with E-state index in [9.17, 15) is 27.2 Å². The zero-order valence-corrected chi connectivity index (χ0v) is 7.32. The summed E-state index contributed by atoms with van der Waals surface area (Å²) in [6, 6.07) is 0. The van der Waals surface area contributed by atoms with Crippen molar-refractivity contribution in [1.29, 1.82) is 0 Å². The molecular formula is C8H4F5NO.